The molecule has 1 aliphatic rings. The average Bonchev–Trinajstić information content (AvgIpc) is 3.12. The second-order valence-electron chi connectivity index (χ2n) is 4.53. The molecule has 0 spiro atoms. The van der Waals surface area contributed by atoms with Crippen molar-refractivity contribution in [2.75, 3.05) is 6.61 Å². The lowest BCUT2D eigenvalue weighted by Crippen LogP contribution is -1.98. The quantitative estimate of drug-likeness (QED) is 0.668. The van der Waals surface area contributed by atoms with Crippen molar-refractivity contribution in [3.63, 3.8) is 0 Å². The summed E-state index contributed by atoms with van der Waals surface area (Å²) in [6, 6.07) is 6.63. The predicted octanol–water partition coefficient (Wildman–Crippen LogP) is 4.25. The van der Waals surface area contributed by atoms with E-state index in [9.17, 15) is 0 Å². The van der Waals surface area contributed by atoms with Gasteiger partial charge in [0.25, 0.3) is 0 Å². The molecule has 1 heteroatoms. The normalized spacial score (nSPS) is 16.9. The van der Waals surface area contributed by atoms with E-state index < -0.39 is 0 Å². The van der Waals surface area contributed by atoms with Crippen LogP contribution in [0.25, 0.3) is 0 Å². The predicted molar refractivity (Wildman–Crippen MR) is 68.2 cm³/mol. The zero-order valence-electron chi connectivity index (χ0n) is 10.2. The maximum absolute atomic E-state index is 5.74. The summed E-state index contributed by atoms with van der Waals surface area (Å²) in [4.78, 5) is 0. The van der Waals surface area contributed by atoms with Gasteiger partial charge in [-0.2, -0.15) is 0 Å². The Bertz CT molecular complexity index is 377. The van der Waals surface area contributed by atoms with Crippen LogP contribution < -0.4 is 4.74 Å². The van der Waals surface area contributed by atoms with E-state index in [0.29, 0.717) is 5.92 Å². The number of benzene rings is 1. The van der Waals surface area contributed by atoms with Crippen molar-refractivity contribution in [2.24, 2.45) is 0 Å². The Balaban J connectivity index is 2.30. The van der Waals surface area contributed by atoms with Crippen LogP contribution in [0.2, 0.25) is 0 Å². The van der Waals surface area contributed by atoms with Crippen molar-refractivity contribution in [1.29, 1.82) is 0 Å². The third-order valence-corrected chi connectivity index (χ3v) is 3.23. The maximum Gasteiger partial charge on any atom is 0.123 e. The molecule has 1 unspecified atom stereocenters. The van der Waals surface area contributed by atoms with E-state index in [1.807, 2.05) is 13.0 Å². The minimum Gasteiger partial charge on any atom is -0.494 e. The fourth-order valence-electron chi connectivity index (χ4n) is 1.98. The zero-order chi connectivity index (χ0) is 11.5. The van der Waals surface area contributed by atoms with Crippen LogP contribution in [0.5, 0.6) is 5.75 Å². The van der Waals surface area contributed by atoms with E-state index in [4.69, 9.17) is 4.74 Å². The standard InChI is InChI=1S/C15H20O/c1-4-11(3)13-8-9-14(12-6-7-12)15(10-13)16-5-2/h4,8-12H,1,5-7H2,2-3H3. The Morgan fingerprint density at radius 2 is 2.25 bits per heavy atom. The Labute approximate surface area is 98.1 Å². The Morgan fingerprint density at radius 3 is 2.81 bits per heavy atom. The van der Waals surface area contributed by atoms with Gasteiger partial charge < -0.3 is 4.74 Å². The molecule has 1 fully saturated rings. The molecule has 1 aromatic rings. The number of hydrogen-bond acceptors (Lipinski definition) is 1. The third kappa shape index (κ3) is 2.29. The van der Waals surface area contributed by atoms with E-state index in [-0.39, 0.29) is 0 Å². The van der Waals surface area contributed by atoms with Gasteiger partial charge in [0.15, 0.2) is 0 Å². The molecule has 0 heterocycles. The SMILES string of the molecule is C=CC(C)c1ccc(C2CC2)c(OCC)c1. The van der Waals surface area contributed by atoms with E-state index in [2.05, 4.69) is 31.7 Å². The van der Waals surface area contributed by atoms with Crippen molar-refractivity contribution in [2.45, 2.75) is 38.5 Å². The summed E-state index contributed by atoms with van der Waals surface area (Å²) in [5.74, 6) is 2.22. The third-order valence-electron chi connectivity index (χ3n) is 3.23. The lowest BCUT2D eigenvalue weighted by atomic mass is 9.98. The van der Waals surface area contributed by atoms with Crippen molar-refractivity contribution in [1.82, 2.24) is 0 Å². The molecule has 0 saturated heterocycles. The first kappa shape index (κ1) is 11.3. The molecular weight excluding hydrogens is 196 g/mol. The van der Waals surface area contributed by atoms with Crippen LogP contribution in [-0.2, 0) is 0 Å². The largest absolute Gasteiger partial charge is 0.494 e. The molecule has 0 aromatic heterocycles. The Morgan fingerprint density at radius 1 is 1.50 bits per heavy atom. The average molecular weight is 216 g/mol. The van der Waals surface area contributed by atoms with E-state index in [1.54, 1.807) is 0 Å². The highest BCUT2D eigenvalue weighted by atomic mass is 16.5. The first-order valence-corrected chi connectivity index (χ1v) is 6.15. The molecule has 1 nitrogen and oxygen atoms in total. The molecule has 86 valence electrons. The number of ether oxygens (including phenoxy) is 1. The number of allylic oxidation sites excluding steroid dienone is 1. The van der Waals surface area contributed by atoms with Crippen LogP contribution in [0.3, 0.4) is 0 Å². The Hall–Kier alpha value is -1.24. The maximum atomic E-state index is 5.74. The minimum atomic E-state index is 0.396. The van der Waals surface area contributed by atoms with Gasteiger partial charge in [-0.05, 0) is 48.8 Å². The molecule has 1 aromatic carbocycles. The highest BCUT2D eigenvalue weighted by Crippen LogP contribution is 2.45. The highest BCUT2D eigenvalue weighted by Gasteiger charge is 2.26. The van der Waals surface area contributed by atoms with Gasteiger partial charge in [-0.1, -0.05) is 25.1 Å². The number of rotatable bonds is 5. The summed E-state index contributed by atoms with van der Waals surface area (Å²) in [7, 11) is 0. The second-order valence-corrected chi connectivity index (χ2v) is 4.53. The van der Waals surface area contributed by atoms with Crippen LogP contribution in [0.4, 0.5) is 0 Å². The summed E-state index contributed by atoms with van der Waals surface area (Å²) in [5, 5.41) is 0. The minimum absolute atomic E-state index is 0.396. The monoisotopic (exact) mass is 216 g/mol. The van der Waals surface area contributed by atoms with E-state index in [0.717, 1.165) is 18.3 Å². The molecule has 0 amide bonds. The van der Waals surface area contributed by atoms with Gasteiger partial charge in [-0.15, -0.1) is 6.58 Å². The molecule has 0 radical (unpaired) electrons. The van der Waals surface area contributed by atoms with Gasteiger partial charge in [0.1, 0.15) is 5.75 Å². The molecule has 2 rings (SSSR count). The first-order valence-electron chi connectivity index (χ1n) is 6.15. The molecule has 0 aliphatic heterocycles. The first-order chi connectivity index (χ1) is 7.76. The van der Waals surface area contributed by atoms with Crippen LogP contribution in [0.15, 0.2) is 30.9 Å². The molecule has 1 saturated carbocycles. The Kier molecular flexibility index (Phi) is 3.33. The molecular formula is C15H20O. The van der Waals surface area contributed by atoms with E-state index in [1.165, 1.54) is 24.0 Å². The summed E-state index contributed by atoms with van der Waals surface area (Å²) in [6.07, 6.45) is 4.61. The van der Waals surface area contributed by atoms with Gasteiger partial charge in [-0.25, -0.2) is 0 Å². The van der Waals surface area contributed by atoms with Gasteiger partial charge >= 0.3 is 0 Å². The summed E-state index contributed by atoms with van der Waals surface area (Å²) in [5.41, 5.74) is 2.68. The second kappa shape index (κ2) is 4.73. The van der Waals surface area contributed by atoms with E-state index >= 15 is 0 Å². The van der Waals surface area contributed by atoms with Gasteiger partial charge in [0, 0.05) is 0 Å². The van der Waals surface area contributed by atoms with Crippen molar-refractivity contribution >= 4 is 0 Å². The number of hydrogen-bond donors (Lipinski definition) is 0. The summed E-state index contributed by atoms with van der Waals surface area (Å²) in [6.45, 7) is 8.79. The van der Waals surface area contributed by atoms with Crippen molar-refractivity contribution < 1.29 is 4.74 Å². The lowest BCUT2D eigenvalue weighted by molar-refractivity contribution is 0.336. The van der Waals surface area contributed by atoms with Gasteiger partial charge in [0.2, 0.25) is 0 Å². The molecule has 0 N–H and O–H groups in total. The van der Waals surface area contributed by atoms with Gasteiger partial charge in [0.05, 0.1) is 6.61 Å². The molecule has 16 heavy (non-hydrogen) atoms. The van der Waals surface area contributed by atoms with Crippen LogP contribution in [-0.4, -0.2) is 6.61 Å². The summed E-state index contributed by atoms with van der Waals surface area (Å²) >= 11 is 0. The fraction of sp³-hybridized carbons (Fsp3) is 0.467. The van der Waals surface area contributed by atoms with Crippen LogP contribution in [0.1, 0.15) is 49.7 Å². The van der Waals surface area contributed by atoms with Crippen molar-refractivity contribution in [3.05, 3.63) is 42.0 Å². The fourth-order valence-corrected chi connectivity index (χ4v) is 1.98. The lowest BCUT2D eigenvalue weighted by Gasteiger charge is -2.13. The highest BCUT2D eigenvalue weighted by molar-refractivity contribution is 5.43. The van der Waals surface area contributed by atoms with Crippen LogP contribution >= 0.6 is 0 Å². The van der Waals surface area contributed by atoms with Crippen molar-refractivity contribution in [3.8, 4) is 5.75 Å². The molecule has 0 bridgehead atoms. The van der Waals surface area contributed by atoms with Crippen LogP contribution in [0, 0.1) is 0 Å². The molecule has 1 aliphatic carbocycles. The van der Waals surface area contributed by atoms with Gasteiger partial charge in [-0.3, -0.25) is 0 Å². The summed E-state index contributed by atoms with van der Waals surface area (Å²) < 4.78 is 5.74. The smallest absolute Gasteiger partial charge is 0.123 e. The topological polar surface area (TPSA) is 9.23 Å². The molecule has 1 atom stereocenters. The zero-order valence-corrected chi connectivity index (χ0v) is 10.2.